The maximum Gasteiger partial charge on any atom is 0.306 e. The second kappa shape index (κ2) is 6.14. The summed E-state index contributed by atoms with van der Waals surface area (Å²) in [5.41, 5.74) is 2.37. The Bertz CT molecular complexity index is 472. The van der Waals surface area contributed by atoms with Crippen LogP contribution in [0, 0.1) is 18.8 Å². The van der Waals surface area contributed by atoms with Gasteiger partial charge in [0.2, 0.25) is 0 Å². The largest absolute Gasteiger partial charge is 0.481 e. The van der Waals surface area contributed by atoms with Gasteiger partial charge in [-0.15, -0.1) is 11.3 Å². The number of aryl methyl sites for hydroxylation is 1. The van der Waals surface area contributed by atoms with E-state index in [1.165, 1.54) is 11.3 Å². The normalized spacial score (nSPS) is 23.0. The van der Waals surface area contributed by atoms with Crippen LogP contribution in [-0.4, -0.2) is 28.5 Å². The van der Waals surface area contributed by atoms with Gasteiger partial charge in [-0.2, -0.15) is 0 Å². The second-order valence-electron chi connectivity index (χ2n) is 4.97. The van der Waals surface area contributed by atoms with E-state index in [2.05, 4.69) is 10.3 Å². The average Bonchev–Trinajstić information content (AvgIpc) is 2.82. The molecule has 1 aliphatic rings. The minimum absolute atomic E-state index is 0.0448. The van der Waals surface area contributed by atoms with Crippen LogP contribution in [0.1, 0.15) is 41.0 Å². The summed E-state index contributed by atoms with van der Waals surface area (Å²) in [6.07, 6.45) is 3.60. The van der Waals surface area contributed by atoms with Crippen LogP contribution in [-0.2, 0) is 4.79 Å². The first-order chi connectivity index (χ1) is 9.09. The SMILES string of the molecule is Cc1ncsc1C(=O)NCC1CCCCC1C(=O)O. The van der Waals surface area contributed by atoms with Gasteiger partial charge in [0.05, 0.1) is 17.1 Å². The van der Waals surface area contributed by atoms with Crippen LogP contribution in [0.5, 0.6) is 0 Å². The Kier molecular flexibility index (Phi) is 4.52. The van der Waals surface area contributed by atoms with Crippen molar-refractivity contribution in [2.75, 3.05) is 6.54 Å². The van der Waals surface area contributed by atoms with E-state index in [0.717, 1.165) is 31.4 Å². The maximum atomic E-state index is 12.0. The molecule has 2 N–H and O–H groups in total. The first-order valence-electron chi connectivity index (χ1n) is 6.50. The summed E-state index contributed by atoms with van der Waals surface area (Å²) in [6, 6.07) is 0. The van der Waals surface area contributed by atoms with Crippen molar-refractivity contribution in [2.24, 2.45) is 11.8 Å². The lowest BCUT2D eigenvalue weighted by molar-refractivity contribution is -0.144. The van der Waals surface area contributed by atoms with Crippen LogP contribution in [0.2, 0.25) is 0 Å². The molecule has 104 valence electrons. The molecule has 0 bridgehead atoms. The minimum atomic E-state index is -0.743. The van der Waals surface area contributed by atoms with E-state index in [1.807, 2.05) is 0 Å². The van der Waals surface area contributed by atoms with Crippen molar-refractivity contribution in [3.05, 3.63) is 16.1 Å². The Hall–Kier alpha value is -1.43. The van der Waals surface area contributed by atoms with Gasteiger partial charge in [-0.3, -0.25) is 9.59 Å². The van der Waals surface area contributed by atoms with Gasteiger partial charge in [-0.05, 0) is 25.7 Å². The van der Waals surface area contributed by atoms with Gasteiger partial charge in [0, 0.05) is 6.54 Å². The molecule has 19 heavy (non-hydrogen) atoms. The number of nitrogens with zero attached hydrogens (tertiary/aromatic N) is 1. The number of amides is 1. The molecule has 6 heteroatoms. The molecule has 1 aromatic heterocycles. The first kappa shape index (κ1) is 14.0. The lowest BCUT2D eigenvalue weighted by Crippen LogP contribution is -2.37. The van der Waals surface area contributed by atoms with Crippen molar-refractivity contribution in [3.63, 3.8) is 0 Å². The fourth-order valence-electron chi connectivity index (χ4n) is 2.60. The number of hydrogen-bond donors (Lipinski definition) is 2. The van der Waals surface area contributed by atoms with Crippen LogP contribution < -0.4 is 5.32 Å². The quantitative estimate of drug-likeness (QED) is 0.886. The van der Waals surface area contributed by atoms with E-state index in [4.69, 9.17) is 0 Å². The summed E-state index contributed by atoms with van der Waals surface area (Å²) < 4.78 is 0. The van der Waals surface area contributed by atoms with Crippen LogP contribution in [0.25, 0.3) is 0 Å². The number of aliphatic carboxylic acids is 1. The van der Waals surface area contributed by atoms with E-state index in [9.17, 15) is 14.7 Å². The number of carboxylic acids is 1. The van der Waals surface area contributed by atoms with E-state index in [1.54, 1.807) is 12.4 Å². The van der Waals surface area contributed by atoms with E-state index < -0.39 is 5.97 Å². The maximum absolute atomic E-state index is 12.0. The number of carboxylic acid groups (broad SMARTS) is 1. The highest BCUT2D eigenvalue weighted by Crippen LogP contribution is 2.29. The number of aromatic nitrogens is 1. The molecule has 0 aromatic carbocycles. The molecule has 0 saturated heterocycles. The molecule has 1 aromatic rings. The van der Waals surface area contributed by atoms with Crippen LogP contribution in [0.15, 0.2) is 5.51 Å². The average molecular weight is 282 g/mol. The molecular weight excluding hydrogens is 264 g/mol. The predicted octanol–water partition coefficient (Wildman–Crippen LogP) is 2.07. The summed E-state index contributed by atoms with van der Waals surface area (Å²) in [7, 11) is 0. The topological polar surface area (TPSA) is 79.3 Å². The summed E-state index contributed by atoms with van der Waals surface area (Å²) in [5, 5.41) is 12.0. The summed E-state index contributed by atoms with van der Waals surface area (Å²) in [5.74, 6) is -1.16. The number of carbonyl (C=O) groups is 2. The fourth-order valence-corrected chi connectivity index (χ4v) is 3.32. The minimum Gasteiger partial charge on any atom is -0.481 e. The van der Waals surface area contributed by atoms with E-state index in [0.29, 0.717) is 11.4 Å². The van der Waals surface area contributed by atoms with Gasteiger partial charge >= 0.3 is 5.97 Å². The molecule has 1 fully saturated rings. The molecule has 1 aliphatic carbocycles. The van der Waals surface area contributed by atoms with Gasteiger partial charge in [-0.1, -0.05) is 12.8 Å². The summed E-state index contributed by atoms with van der Waals surface area (Å²) in [6.45, 7) is 2.24. The second-order valence-corrected chi connectivity index (χ2v) is 5.82. The Labute approximate surface area is 116 Å². The number of hydrogen-bond acceptors (Lipinski definition) is 4. The van der Waals surface area contributed by atoms with Crippen LogP contribution >= 0.6 is 11.3 Å². The van der Waals surface area contributed by atoms with Gasteiger partial charge in [0.25, 0.3) is 5.91 Å². The zero-order chi connectivity index (χ0) is 13.8. The molecule has 2 rings (SSSR count). The van der Waals surface area contributed by atoms with E-state index >= 15 is 0 Å². The Morgan fingerprint density at radius 1 is 1.47 bits per heavy atom. The Morgan fingerprint density at radius 3 is 2.84 bits per heavy atom. The standard InChI is InChI=1S/C13H18N2O3S/c1-8-11(19-7-15-8)12(16)14-6-9-4-2-3-5-10(9)13(17)18/h7,9-10H,2-6H2,1H3,(H,14,16)(H,17,18). The summed E-state index contributed by atoms with van der Waals surface area (Å²) >= 11 is 1.31. The van der Waals surface area contributed by atoms with Crippen molar-refractivity contribution in [1.82, 2.24) is 10.3 Å². The Morgan fingerprint density at radius 2 is 2.21 bits per heavy atom. The monoisotopic (exact) mass is 282 g/mol. The number of rotatable bonds is 4. The molecule has 5 nitrogen and oxygen atoms in total. The van der Waals surface area contributed by atoms with Crippen molar-refractivity contribution in [3.8, 4) is 0 Å². The highest BCUT2D eigenvalue weighted by atomic mass is 32.1. The predicted molar refractivity (Wildman–Crippen MR) is 72.3 cm³/mol. The molecule has 1 heterocycles. The molecule has 0 radical (unpaired) electrons. The molecule has 2 atom stereocenters. The molecule has 0 aliphatic heterocycles. The number of thiazole rings is 1. The zero-order valence-corrected chi connectivity index (χ0v) is 11.7. The summed E-state index contributed by atoms with van der Waals surface area (Å²) in [4.78, 5) is 27.8. The molecule has 2 unspecified atom stereocenters. The zero-order valence-electron chi connectivity index (χ0n) is 10.9. The van der Waals surface area contributed by atoms with E-state index in [-0.39, 0.29) is 17.7 Å². The Balaban J connectivity index is 1.92. The highest BCUT2D eigenvalue weighted by molar-refractivity contribution is 7.11. The first-order valence-corrected chi connectivity index (χ1v) is 7.38. The number of carbonyl (C=O) groups excluding carboxylic acids is 1. The van der Waals surface area contributed by atoms with Crippen molar-refractivity contribution in [1.29, 1.82) is 0 Å². The van der Waals surface area contributed by atoms with Crippen LogP contribution in [0.3, 0.4) is 0 Å². The lowest BCUT2D eigenvalue weighted by atomic mass is 9.79. The molecule has 0 spiro atoms. The third kappa shape index (κ3) is 3.32. The van der Waals surface area contributed by atoms with Crippen molar-refractivity contribution < 1.29 is 14.7 Å². The van der Waals surface area contributed by atoms with Gasteiger partial charge in [-0.25, -0.2) is 4.98 Å². The van der Waals surface area contributed by atoms with Gasteiger partial charge in [0.1, 0.15) is 4.88 Å². The number of nitrogens with one attached hydrogen (secondary N) is 1. The highest BCUT2D eigenvalue weighted by Gasteiger charge is 2.31. The van der Waals surface area contributed by atoms with Gasteiger partial charge < -0.3 is 10.4 Å². The van der Waals surface area contributed by atoms with Crippen molar-refractivity contribution >= 4 is 23.2 Å². The fraction of sp³-hybridized carbons (Fsp3) is 0.615. The van der Waals surface area contributed by atoms with Crippen molar-refractivity contribution in [2.45, 2.75) is 32.6 Å². The third-order valence-electron chi connectivity index (χ3n) is 3.70. The van der Waals surface area contributed by atoms with Gasteiger partial charge in [0.15, 0.2) is 0 Å². The molecule has 1 saturated carbocycles. The smallest absolute Gasteiger partial charge is 0.306 e. The molecule has 1 amide bonds. The molecular formula is C13H18N2O3S. The lowest BCUT2D eigenvalue weighted by Gasteiger charge is -2.28. The third-order valence-corrected chi connectivity index (χ3v) is 4.63. The van der Waals surface area contributed by atoms with Crippen LogP contribution in [0.4, 0.5) is 0 Å².